The average molecular weight is 362 g/mol. The maximum Gasteiger partial charge on any atom is 0.175 e. The number of ether oxygens (including phenoxy) is 1. The fourth-order valence-corrected chi connectivity index (χ4v) is 4.02. The van der Waals surface area contributed by atoms with Crippen molar-refractivity contribution in [3.8, 4) is 27.3 Å². The smallest absolute Gasteiger partial charge is 0.175 e. The lowest BCUT2D eigenvalue weighted by Gasteiger charge is -2.11. The molecule has 0 saturated carbocycles. The summed E-state index contributed by atoms with van der Waals surface area (Å²) in [6, 6.07) is 13.1. The van der Waals surface area contributed by atoms with Gasteiger partial charge in [-0.2, -0.15) is 0 Å². The average Bonchev–Trinajstić information content (AvgIpc) is 3.03. The van der Waals surface area contributed by atoms with Gasteiger partial charge >= 0.3 is 0 Å². The Labute approximate surface area is 144 Å². The third-order valence-electron chi connectivity index (χ3n) is 3.66. The standard InChI is InChI=1S/C18H15FO3S2/c1-22-17-11-14(24(2,20)21)7-8-15(17)16-9-10-23-18(16)12-3-5-13(19)6-4-12/h3-11H,1-2H3. The summed E-state index contributed by atoms with van der Waals surface area (Å²) in [7, 11) is -1.80. The second kappa shape index (κ2) is 6.37. The van der Waals surface area contributed by atoms with Gasteiger partial charge in [0.15, 0.2) is 9.84 Å². The second-order valence-electron chi connectivity index (χ2n) is 5.30. The topological polar surface area (TPSA) is 43.4 Å². The molecular weight excluding hydrogens is 347 g/mol. The van der Waals surface area contributed by atoms with Crippen LogP contribution in [0.15, 0.2) is 58.8 Å². The van der Waals surface area contributed by atoms with Crippen LogP contribution in [0.1, 0.15) is 0 Å². The highest BCUT2D eigenvalue weighted by Crippen LogP contribution is 2.41. The third-order valence-corrected chi connectivity index (χ3v) is 5.74. The molecule has 0 amide bonds. The van der Waals surface area contributed by atoms with Crippen molar-refractivity contribution in [2.75, 3.05) is 13.4 Å². The molecular formula is C18H15FO3S2. The van der Waals surface area contributed by atoms with E-state index < -0.39 is 9.84 Å². The van der Waals surface area contributed by atoms with Crippen LogP contribution in [0.3, 0.4) is 0 Å². The minimum absolute atomic E-state index is 0.210. The monoisotopic (exact) mass is 362 g/mol. The first-order chi connectivity index (χ1) is 11.4. The van der Waals surface area contributed by atoms with Gasteiger partial charge in [-0.15, -0.1) is 11.3 Å². The Hall–Kier alpha value is -2.18. The summed E-state index contributed by atoms with van der Waals surface area (Å²) in [6.07, 6.45) is 1.16. The Balaban J connectivity index is 2.14. The van der Waals surface area contributed by atoms with Crippen LogP contribution in [-0.4, -0.2) is 21.8 Å². The van der Waals surface area contributed by atoms with E-state index >= 15 is 0 Å². The predicted octanol–water partition coefficient (Wildman–Crippen LogP) is 4.63. The molecule has 124 valence electrons. The molecule has 0 radical (unpaired) electrons. The molecule has 1 heterocycles. The molecule has 24 heavy (non-hydrogen) atoms. The molecule has 0 saturated heterocycles. The van der Waals surface area contributed by atoms with Gasteiger partial charge < -0.3 is 4.74 Å². The Bertz CT molecular complexity index is 974. The van der Waals surface area contributed by atoms with Gasteiger partial charge in [0.1, 0.15) is 11.6 Å². The number of rotatable bonds is 4. The van der Waals surface area contributed by atoms with Gasteiger partial charge in [0, 0.05) is 22.3 Å². The van der Waals surface area contributed by atoms with Crippen LogP contribution in [0.4, 0.5) is 4.39 Å². The summed E-state index contributed by atoms with van der Waals surface area (Å²) in [6.45, 7) is 0. The normalized spacial score (nSPS) is 11.5. The van der Waals surface area contributed by atoms with Crippen molar-refractivity contribution in [3.05, 3.63) is 59.7 Å². The van der Waals surface area contributed by atoms with E-state index in [1.165, 1.54) is 36.6 Å². The minimum Gasteiger partial charge on any atom is -0.496 e. The predicted molar refractivity (Wildman–Crippen MR) is 94.8 cm³/mol. The molecule has 3 aromatic rings. The molecule has 0 atom stereocenters. The molecule has 0 bridgehead atoms. The number of hydrogen-bond donors (Lipinski definition) is 0. The first-order valence-electron chi connectivity index (χ1n) is 7.12. The maximum atomic E-state index is 13.2. The number of halogens is 1. The van der Waals surface area contributed by atoms with Crippen molar-refractivity contribution < 1.29 is 17.5 Å². The number of methoxy groups -OCH3 is 1. The Morgan fingerprint density at radius 2 is 1.71 bits per heavy atom. The van der Waals surface area contributed by atoms with Crippen LogP contribution in [0.5, 0.6) is 5.75 Å². The Morgan fingerprint density at radius 3 is 2.33 bits per heavy atom. The highest BCUT2D eigenvalue weighted by molar-refractivity contribution is 7.90. The van der Waals surface area contributed by atoms with Crippen LogP contribution in [0, 0.1) is 5.82 Å². The molecule has 3 nitrogen and oxygen atoms in total. The molecule has 0 spiro atoms. The largest absolute Gasteiger partial charge is 0.496 e. The third kappa shape index (κ3) is 3.20. The lowest BCUT2D eigenvalue weighted by molar-refractivity contribution is 0.415. The molecule has 3 rings (SSSR count). The molecule has 0 N–H and O–H groups in total. The van der Waals surface area contributed by atoms with Crippen LogP contribution in [-0.2, 0) is 9.84 Å². The summed E-state index contributed by atoms with van der Waals surface area (Å²) in [4.78, 5) is 1.18. The fourth-order valence-electron chi connectivity index (χ4n) is 2.47. The number of thiophene rings is 1. The van der Waals surface area contributed by atoms with Crippen LogP contribution < -0.4 is 4.74 Å². The van der Waals surface area contributed by atoms with Crippen LogP contribution >= 0.6 is 11.3 Å². The van der Waals surface area contributed by atoms with E-state index in [0.29, 0.717) is 5.75 Å². The molecule has 0 aliphatic rings. The van der Waals surface area contributed by atoms with E-state index in [2.05, 4.69) is 0 Å². The first kappa shape index (κ1) is 16.7. The van der Waals surface area contributed by atoms with Crippen LogP contribution in [0.25, 0.3) is 21.6 Å². The highest BCUT2D eigenvalue weighted by atomic mass is 32.2. The first-order valence-corrected chi connectivity index (χ1v) is 9.89. The maximum absolute atomic E-state index is 13.2. The Morgan fingerprint density at radius 1 is 1.00 bits per heavy atom. The summed E-state index contributed by atoms with van der Waals surface area (Å²) >= 11 is 1.54. The zero-order chi connectivity index (χ0) is 17.3. The second-order valence-corrected chi connectivity index (χ2v) is 8.24. The van der Waals surface area contributed by atoms with Gasteiger partial charge in [-0.25, -0.2) is 12.8 Å². The van der Waals surface area contributed by atoms with Crippen molar-refractivity contribution in [3.63, 3.8) is 0 Å². The lowest BCUT2D eigenvalue weighted by Crippen LogP contribution is -1.98. The van der Waals surface area contributed by atoms with E-state index in [0.717, 1.165) is 27.8 Å². The molecule has 0 aliphatic carbocycles. The molecule has 6 heteroatoms. The quantitative estimate of drug-likeness (QED) is 0.679. The summed E-state index contributed by atoms with van der Waals surface area (Å²) in [5.74, 6) is 0.201. The van der Waals surface area contributed by atoms with Crippen molar-refractivity contribution >= 4 is 21.2 Å². The molecule has 2 aromatic carbocycles. The number of hydrogen-bond acceptors (Lipinski definition) is 4. The zero-order valence-corrected chi connectivity index (χ0v) is 14.7. The lowest BCUT2D eigenvalue weighted by atomic mass is 10.0. The summed E-state index contributed by atoms with van der Waals surface area (Å²) < 4.78 is 42.0. The van der Waals surface area contributed by atoms with Crippen molar-refractivity contribution in [1.29, 1.82) is 0 Å². The van der Waals surface area contributed by atoms with E-state index in [9.17, 15) is 12.8 Å². The van der Waals surface area contributed by atoms with Gasteiger partial charge in [-0.05, 0) is 47.3 Å². The van der Waals surface area contributed by atoms with E-state index in [1.807, 2.05) is 11.4 Å². The Kier molecular flexibility index (Phi) is 4.43. The SMILES string of the molecule is COc1cc(S(C)(=O)=O)ccc1-c1ccsc1-c1ccc(F)cc1. The van der Waals surface area contributed by atoms with Crippen molar-refractivity contribution in [2.24, 2.45) is 0 Å². The van der Waals surface area contributed by atoms with Gasteiger partial charge in [0.2, 0.25) is 0 Å². The van der Waals surface area contributed by atoms with Gasteiger partial charge in [0.05, 0.1) is 12.0 Å². The highest BCUT2D eigenvalue weighted by Gasteiger charge is 2.16. The fraction of sp³-hybridized carbons (Fsp3) is 0.111. The van der Waals surface area contributed by atoms with Gasteiger partial charge in [0.25, 0.3) is 0 Å². The minimum atomic E-state index is -3.31. The molecule has 0 aliphatic heterocycles. The van der Waals surface area contributed by atoms with Gasteiger partial charge in [-0.3, -0.25) is 0 Å². The van der Waals surface area contributed by atoms with Gasteiger partial charge in [-0.1, -0.05) is 12.1 Å². The zero-order valence-electron chi connectivity index (χ0n) is 13.1. The van der Waals surface area contributed by atoms with E-state index in [1.54, 1.807) is 24.3 Å². The van der Waals surface area contributed by atoms with Crippen LogP contribution in [0.2, 0.25) is 0 Å². The van der Waals surface area contributed by atoms with Crippen molar-refractivity contribution in [2.45, 2.75) is 4.90 Å². The molecule has 1 aromatic heterocycles. The van der Waals surface area contributed by atoms with E-state index in [4.69, 9.17) is 4.74 Å². The summed E-state index contributed by atoms with van der Waals surface area (Å²) in [5.41, 5.74) is 2.62. The van der Waals surface area contributed by atoms with Crippen molar-refractivity contribution in [1.82, 2.24) is 0 Å². The molecule has 0 fully saturated rings. The number of sulfone groups is 1. The molecule has 0 unspecified atom stereocenters. The number of benzene rings is 2. The summed E-state index contributed by atoms with van der Waals surface area (Å²) in [5, 5.41) is 1.94. The van der Waals surface area contributed by atoms with E-state index in [-0.39, 0.29) is 10.7 Å².